The smallest absolute Gasteiger partial charge is 0.180 e. The first-order valence-electron chi connectivity index (χ1n) is 6.45. The van der Waals surface area contributed by atoms with E-state index in [4.69, 9.17) is 9.26 Å². The highest BCUT2D eigenvalue weighted by Crippen LogP contribution is 2.31. The minimum absolute atomic E-state index is 0.670. The topological polar surface area (TPSA) is 47.3 Å². The molecule has 0 aliphatic heterocycles. The summed E-state index contributed by atoms with van der Waals surface area (Å²) in [6, 6.07) is 19.6. The SMILES string of the molecule is COc1ccccc1-c1cc(NSc2ccccc2)no1. The summed E-state index contributed by atoms with van der Waals surface area (Å²) in [5.74, 6) is 2.10. The maximum absolute atomic E-state index is 5.38. The Balaban J connectivity index is 1.74. The molecule has 0 atom stereocenters. The van der Waals surface area contributed by atoms with Crippen molar-refractivity contribution in [2.45, 2.75) is 4.90 Å². The van der Waals surface area contributed by atoms with Crippen LogP contribution in [0.4, 0.5) is 5.82 Å². The van der Waals surface area contributed by atoms with Crippen LogP contribution in [0.5, 0.6) is 5.75 Å². The molecule has 5 heteroatoms. The minimum Gasteiger partial charge on any atom is -0.496 e. The Kier molecular flexibility index (Phi) is 4.12. The first-order valence-corrected chi connectivity index (χ1v) is 7.26. The molecule has 3 aromatic rings. The Morgan fingerprint density at radius 3 is 2.62 bits per heavy atom. The van der Waals surface area contributed by atoms with Gasteiger partial charge in [-0.1, -0.05) is 35.5 Å². The molecule has 0 amide bonds. The van der Waals surface area contributed by atoms with Gasteiger partial charge >= 0.3 is 0 Å². The maximum atomic E-state index is 5.38. The molecule has 3 rings (SSSR count). The standard InChI is InChI=1S/C16H14N2O2S/c1-19-14-10-6-5-9-13(14)15-11-16(17-20-15)18-21-12-7-3-2-4-8-12/h2-11H,1H3,(H,17,18). The largest absolute Gasteiger partial charge is 0.496 e. The molecule has 0 saturated carbocycles. The number of para-hydroxylation sites is 1. The van der Waals surface area contributed by atoms with Gasteiger partial charge in [-0.3, -0.25) is 0 Å². The number of aromatic nitrogens is 1. The molecule has 0 unspecified atom stereocenters. The predicted octanol–water partition coefficient (Wildman–Crippen LogP) is 4.47. The van der Waals surface area contributed by atoms with E-state index >= 15 is 0 Å². The molecule has 0 radical (unpaired) electrons. The molecule has 0 spiro atoms. The number of ether oxygens (including phenoxy) is 1. The summed E-state index contributed by atoms with van der Waals surface area (Å²) in [6.45, 7) is 0. The van der Waals surface area contributed by atoms with Gasteiger partial charge in [0.1, 0.15) is 5.75 Å². The van der Waals surface area contributed by atoms with Gasteiger partial charge in [-0.2, -0.15) is 0 Å². The summed E-state index contributed by atoms with van der Waals surface area (Å²) in [5.41, 5.74) is 0.880. The molecule has 1 aromatic heterocycles. The van der Waals surface area contributed by atoms with Gasteiger partial charge in [0.05, 0.1) is 12.7 Å². The Bertz CT molecular complexity index is 713. The van der Waals surface area contributed by atoms with Crippen molar-refractivity contribution in [3.05, 3.63) is 60.7 Å². The van der Waals surface area contributed by atoms with Crippen LogP contribution in [0.15, 0.2) is 70.1 Å². The molecule has 4 nitrogen and oxygen atoms in total. The van der Waals surface area contributed by atoms with E-state index in [2.05, 4.69) is 9.88 Å². The van der Waals surface area contributed by atoms with E-state index in [-0.39, 0.29) is 0 Å². The van der Waals surface area contributed by atoms with Crippen molar-refractivity contribution < 1.29 is 9.26 Å². The molecular weight excluding hydrogens is 284 g/mol. The van der Waals surface area contributed by atoms with E-state index in [0.29, 0.717) is 11.6 Å². The number of rotatable bonds is 5. The van der Waals surface area contributed by atoms with Crippen LogP contribution in [0.3, 0.4) is 0 Å². The third kappa shape index (κ3) is 3.20. The average Bonchev–Trinajstić information content (AvgIpc) is 3.02. The number of methoxy groups -OCH3 is 1. The fourth-order valence-corrected chi connectivity index (χ4v) is 2.51. The summed E-state index contributed by atoms with van der Waals surface area (Å²) < 4.78 is 13.9. The van der Waals surface area contributed by atoms with E-state index in [0.717, 1.165) is 16.2 Å². The number of anilines is 1. The van der Waals surface area contributed by atoms with E-state index in [1.807, 2.05) is 60.7 Å². The van der Waals surface area contributed by atoms with Crippen molar-refractivity contribution in [3.63, 3.8) is 0 Å². The third-order valence-corrected chi connectivity index (χ3v) is 3.72. The number of nitrogens with one attached hydrogen (secondary N) is 1. The summed E-state index contributed by atoms with van der Waals surface area (Å²) in [4.78, 5) is 1.11. The minimum atomic E-state index is 0.670. The van der Waals surface area contributed by atoms with Crippen LogP contribution < -0.4 is 9.46 Å². The molecule has 1 heterocycles. The second-order valence-corrected chi connectivity index (χ2v) is 5.17. The zero-order chi connectivity index (χ0) is 14.5. The number of nitrogens with zero attached hydrogens (tertiary/aromatic N) is 1. The van der Waals surface area contributed by atoms with Gasteiger partial charge in [-0.15, -0.1) is 0 Å². The van der Waals surface area contributed by atoms with Crippen LogP contribution in [0.25, 0.3) is 11.3 Å². The lowest BCUT2D eigenvalue weighted by Crippen LogP contribution is -1.86. The summed E-state index contributed by atoms with van der Waals surface area (Å²) in [6.07, 6.45) is 0. The van der Waals surface area contributed by atoms with Gasteiger partial charge in [0.2, 0.25) is 0 Å². The molecule has 2 aromatic carbocycles. The number of hydrogen-bond donors (Lipinski definition) is 1. The molecule has 106 valence electrons. The van der Waals surface area contributed by atoms with Crippen LogP contribution in [-0.4, -0.2) is 12.3 Å². The fraction of sp³-hybridized carbons (Fsp3) is 0.0625. The van der Waals surface area contributed by atoms with Crippen LogP contribution >= 0.6 is 11.9 Å². The first kappa shape index (κ1) is 13.6. The van der Waals surface area contributed by atoms with Gasteiger partial charge < -0.3 is 14.0 Å². The Labute approximate surface area is 127 Å². The van der Waals surface area contributed by atoms with Crippen LogP contribution in [0, 0.1) is 0 Å². The van der Waals surface area contributed by atoms with E-state index < -0.39 is 0 Å². The number of benzene rings is 2. The second kappa shape index (κ2) is 6.37. The van der Waals surface area contributed by atoms with Gasteiger partial charge in [0, 0.05) is 11.0 Å². The summed E-state index contributed by atoms with van der Waals surface area (Å²) in [7, 11) is 1.64. The van der Waals surface area contributed by atoms with Crippen LogP contribution in [0.1, 0.15) is 0 Å². The average molecular weight is 298 g/mol. The molecule has 1 N–H and O–H groups in total. The Morgan fingerprint density at radius 1 is 1.05 bits per heavy atom. The zero-order valence-corrected chi connectivity index (χ0v) is 12.3. The van der Waals surface area contributed by atoms with Gasteiger partial charge in [0.25, 0.3) is 0 Å². The van der Waals surface area contributed by atoms with Gasteiger partial charge in [-0.05, 0) is 36.2 Å². The van der Waals surface area contributed by atoms with Crippen LogP contribution in [0.2, 0.25) is 0 Å². The first-order chi connectivity index (χ1) is 10.4. The molecule has 21 heavy (non-hydrogen) atoms. The van der Waals surface area contributed by atoms with Gasteiger partial charge in [0.15, 0.2) is 11.6 Å². The summed E-state index contributed by atoms with van der Waals surface area (Å²) in [5, 5.41) is 4.02. The van der Waals surface area contributed by atoms with Crippen molar-refractivity contribution in [1.82, 2.24) is 5.16 Å². The lowest BCUT2D eigenvalue weighted by atomic mass is 10.1. The second-order valence-electron chi connectivity index (χ2n) is 4.29. The van der Waals surface area contributed by atoms with Crippen molar-refractivity contribution in [2.24, 2.45) is 0 Å². The lowest BCUT2D eigenvalue weighted by molar-refractivity contribution is 0.407. The fourth-order valence-electron chi connectivity index (χ4n) is 1.90. The predicted molar refractivity (Wildman–Crippen MR) is 84.4 cm³/mol. The number of hydrogen-bond acceptors (Lipinski definition) is 5. The van der Waals surface area contributed by atoms with Crippen molar-refractivity contribution >= 4 is 17.8 Å². The molecule has 0 aliphatic carbocycles. The summed E-state index contributed by atoms with van der Waals surface area (Å²) >= 11 is 1.49. The highest BCUT2D eigenvalue weighted by atomic mass is 32.2. The van der Waals surface area contributed by atoms with E-state index in [1.165, 1.54) is 11.9 Å². The Hall–Kier alpha value is -2.40. The third-order valence-electron chi connectivity index (χ3n) is 2.90. The molecule has 0 aliphatic rings. The van der Waals surface area contributed by atoms with Crippen molar-refractivity contribution in [2.75, 3.05) is 11.8 Å². The van der Waals surface area contributed by atoms with Crippen molar-refractivity contribution in [3.8, 4) is 17.1 Å². The molecule has 0 saturated heterocycles. The van der Waals surface area contributed by atoms with Crippen LogP contribution in [-0.2, 0) is 0 Å². The molecule has 0 bridgehead atoms. The normalized spacial score (nSPS) is 10.3. The quantitative estimate of drug-likeness (QED) is 0.704. The Morgan fingerprint density at radius 2 is 1.81 bits per heavy atom. The van der Waals surface area contributed by atoms with Gasteiger partial charge in [-0.25, -0.2) is 0 Å². The zero-order valence-electron chi connectivity index (χ0n) is 11.4. The highest BCUT2D eigenvalue weighted by molar-refractivity contribution is 8.00. The lowest BCUT2D eigenvalue weighted by Gasteiger charge is -2.03. The van der Waals surface area contributed by atoms with Crippen molar-refractivity contribution in [1.29, 1.82) is 0 Å². The molecule has 0 fully saturated rings. The van der Waals surface area contributed by atoms with E-state index in [9.17, 15) is 0 Å². The monoisotopic (exact) mass is 298 g/mol. The molecular formula is C16H14N2O2S. The maximum Gasteiger partial charge on any atom is 0.180 e. The van der Waals surface area contributed by atoms with E-state index in [1.54, 1.807) is 7.11 Å². The highest BCUT2D eigenvalue weighted by Gasteiger charge is 2.11.